The summed E-state index contributed by atoms with van der Waals surface area (Å²) in [5.41, 5.74) is 1.92. The number of para-hydroxylation sites is 1. The van der Waals surface area contributed by atoms with Crippen LogP contribution in [-0.2, 0) is 32.3 Å². The van der Waals surface area contributed by atoms with E-state index >= 15 is 0 Å². The Balaban J connectivity index is 1.42. The van der Waals surface area contributed by atoms with Crippen LogP contribution in [0.1, 0.15) is 37.5 Å². The van der Waals surface area contributed by atoms with Crippen molar-refractivity contribution in [1.29, 1.82) is 0 Å². The number of carbonyl (C=O) groups excluding carboxylic acids is 5. The van der Waals surface area contributed by atoms with E-state index in [9.17, 15) is 33.9 Å². The third-order valence-corrected chi connectivity index (χ3v) is 7.51. The van der Waals surface area contributed by atoms with E-state index < -0.39 is 54.1 Å². The van der Waals surface area contributed by atoms with E-state index in [0.29, 0.717) is 32.5 Å². The van der Waals surface area contributed by atoms with Crippen LogP contribution in [0.3, 0.4) is 0 Å². The van der Waals surface area contributed by atoms with Crippen molar-refractivity contribution in [3.63, 3.8) is 0 Å². The number of ether oxygens (including phenoxy) is 1. The van der Waals surface area contributed by atoms with Gasteiger partial charge in [-0.25, -0.2) is 24.2 Å². The van der Waals surface area contributed by atoms with Crippen LogP contribution in [0, 0.1) is 6.92 Å². The average molecular weight is 645 g/mol. The Labute approximate surface area is 271 Å². The summed E-state index contributed by atoms with van der Waals surface area (Å²) in [5.74, 6) is -3.07. The first kappa shape index (κ1) is 34.0. The third kappa shape index (κ3) is 8.22. The zero-order valence-corrected chi connectivity index (χ0v) is 26.4. The predicted molar refractivity (Wildman–Crippen MR) is 171 cm³/mol. The summed E-state index contributed by atoms with van der Waals surface area (Å²) in [6, 6.07) is 19.7. The molecular weight excluding hydrogens is 608 g/mol. The number of aryl methyl sites for hydroxylation is 1. The quantitative estimate of drug-likeness (QED) is 0.223. The predicted octanol–water partition coefficient (Wildman–Crippen LogP) is 4.32. The molecule has 0 aromatic heterocycles. The van der Waals surface area contributed by atoms with Crippen LogP contribution in [0.15, 0.2) is 78.9 Å². The first-order chi connectivity index (χ1) is 22.3. The smallest absolute Gasteiger partial charge is 0.408 e. The van der Waals surface area contributed by atoms with E-state index in [-0.39, 0.29) is 13.2 Å². The van der Waals surface area contributed by atoms with Gasteiger partial charge in [-0.2, -0.15) is 5.01 Å². The number of rotatable bonds is 11. The molecule has 1 fully saturated rings. The lowest BCUT2D eigenvalue weighted by Gasteiger charge is -2.31. The maximum atomic E-state index is 13.6. The minimum Gasteiger partial charge on any atom is -0.480 e. The number of benzene rings is 3. The first-order valence-electron chi connectivity index (χ1n) is 14.6. The second-order valence-electron chi connectivity index (χ2n) is 11.3. The number of urea groups is 2. The highest BCUT2D eigenvalue weighted by Crippen LogP contribution is 2.31. The summed E-state index contributed by atoms with van der Waals surface area (Å²) in [6.45, 7) is 5.07. The van der Waals surface area contributed by atoms with Crippen molar-refractivity contribution in [1.82, 2.24) is 20.2 Å². The average Bonchev–Trinajstić information content (AvgIpc) is 3.19. The number of anilines is 2. The number of aliphatic carboxylic acids is 1. The van der Waals surface area contributed by atoms with Gasteiger partial charge in [0.1, 0.15) is 18.2 Å². The number of hydrogen-bond donors (Lipinski definition) is 4. The molecule has 0 saturated carbocycles. The molecule has 7 amide bonds. The van der Waals surface area contributed by atoms with Gasteiger partial charge in [0.2, 0.25) is 5.91 Å². The molecular formula is C33H36N6O8. The van der Waals surface area contributed by atoms with Crippen molar-refractivity contribution < 1.29 is 38.6 Å². The Morgan fingerprint density at radius 3 is 2.15 bits per heavy atom. The molecule has 1 heterocycles. The molecule has 14 heteroatoms. The monoisotopic (exact) mass is 644 g/mol. The van der Waals surface area contributed by atoms with Gasteiger partial charge in [0.15, 0.2) is 0 Å². The summed E-state index contributed by atoms with van der Waals surface area (Å²) in [5, 5.41) is 18.8. The minimum atomic E-state index is -1.71. The summed E-state index contributed by atoms with van der Waals surface area (Å²) in [4.78, 5) is 78.0. The van der Waals surface area contributed by atoms with Gasteiger partial charge in [-0.3, -0.25) is 9.59 Å². The summed E-state index contributed by atoms with van der Waals surface area (Å²) in [6.07, 6.45) is -1.06. The highest BCUT2D eigenvalue weighted by Gasteiger charge is 2.54. The Kier molecular flexibility index (Phi) is 10.4. The fourth-order valence-electron chi connectivity index (χ4n) is 4.78. The molecule has 1 aliphatic heterocycles. The molecule has 1 aliphatic rings. The molecule has 246 valence electrons. The molecule has 47 heavy (non-hydrogen) atoms. The normalized spacial score (nSPS) is 14.3. The number of hydrogen-bond acceptors (Lipinski definition) is 7. The van der Waals surface area contributed by atoms with E-state index in [1.807, 2.05) is 25.1 Å². The molecule has 0 radical (unpaired) electrons. The number of alkyl carbamates (subject to hydrolysis) is 1. The lowest BCUT2D eigenvalue weighted by Crippen LogP contribution is -2.57. The zero-order valence-electron chi connectivity index (χ0n) is 26.4. The van der Waals surface area contributed by atoms with E-state index in [2.05, 4.69) is 16.0 Å². The summed E-state index contributed by atoms with van der Waals surface area (Å²) >= 11 is 0. The standard InChI is InChI=1S/C33H36N6O8/c1-21-10-8-9-13-26(21)35-30(44)34-25-16-14-23(15-17-25)18-37-32(46)39(29(43)33(37,3)4)38(22(2)40)19-27(28(41)42)36-31(45)47-20-24-11-6-5-7-12-24/h5-17,27H,18-20H2,1-4H3,(H,36,45)(H,41,42)(H2,34,35,44)/t27-/m0/s1. The molecule has 0 unspecified atom stereocenters. The van der Waals surface area contributed by atoms with E-state index in [0.717, 1.165) is 12.5 Å². The second-order valence-corrected chi connectivity index (χ2v) is 11.3. The van der Waals surface area contributed by atoms with Crippen molar-refractivity contribution in [3.05, 3.63) is 95.6 Å². The molecule has 4 N–H and O–H groups in total. The second kappa shape index (κ2) is 14.5. The molecule has 0 bridgehead atoms. The number of amides is 7. The molecule has 0 spiro atoms. The molecule has 4 rings (SSSR count). The summed E-state index contributed by atoms with van der Waals surface area (Å²) in [7, 11) is 0. The van der Waals surface area contributed by atoms with Crippen LogP contribution >= 0.6 is 0 Å². The van der Waals surface area contributed by atoms with Gasteiger partial charge in [0, 0.05) is 24.8 Å². The largest absolute Gasteiger partial charge is 0.480 e. The number of carboxylic acid groups (broad SMARTS) is 1. The number of nitrogens with zero attached hydrogens (tertiary/aromatic N) is 3. The first-order valence-corrected chi connectivity index (χ1v) is 14.6. The maximum Gasteiger partial charge on any atom is 0.408 e. The number of carboxylic acids is 1. The van der Waals surface area contributed by atoms with Gasteiger partial charge in [0.05, 0.1) is 6.54 Å². The van der Waals surface area contributed by atoms with Crippen LogP contribution in [0.2, 0.25) is 0 Å². The van der Waals surface area contributed by atoms with E-state index in [1.165, 1.54) is 18.7 Å². The van der Waals surface area contributed by atoms with E-state index in [4.69, 9.17) is 4.74 Å². The van der Waals surface area contributed by atoms with Crippen LogP contribution < -0.4 is 16.0 Å². The van der Waals surface area contributed by atoms with Crippen LogP contribution in [0.5, 0.6) is 0 Å². The number of carbonyl (C=O) groups is 6. The van der Waals surface area contributed by atoms with Crippen molar-refractivity contribution in [2.45, 2.75) is 52.4 Å². The highest BCUT2D eigenvalue weighted by atomic mass is 16.5. The van der Waals surface area contributed by atoms with Crippen LogP contribution in [-0.4, -0.2) is 74.1 Å². The van der Waals surface area contributed by atoms with Crippen molar-refractivity contribution in [2.75, 3.05) is 17.2 Å². The number of hydrazine groups is 1. The molecule has 1 atom stereocenters. The maximum absolute atomic E-state index is 13.6. The van der Waals surface area contributed by atoms with Crippen molar-refractivity contribution >= 4 is 47.3 Å². The Hall–Kier alpha value is -5.92. The van der Waals surface area contributed by atoms with Gasteiger partial charge in [-0.05, 0) is 55.7 Å². The Bertz CT molecular complexity index is 1660. The lowest BCUT2D eigenvalue weighted by atomic mass is 10.0. The van der Waals surface area contributed by atoms with Crippen LogP contribution in [0.25, 0.3) is 0 Å². The van der Waals surface area contributed by atoms with Crippen LogP contribution in [0.4, 0.5) is 25.8 Å². The number of imide groups is 1. The van der Waals surface area contributed by atoms with Gasteiger partial charge < -0.3 is 30.7 Å². The van der Waals surface area contributed by atoms with Gasteiger partial charge in [-0.15, -0.1) is 0 Å². The van der Waals surface area contributed by atoms with Crippen molar-refractivity contribution in [2.24, 2.45) is 0 Å². The van der Waals surface area contributed by atoms with Crippen molar-refractivity contribution in [3.8, 4) is 0 Å². The molecule has 1 saturated heterocycles. The third-order valence-electron chi connectivity index (χ3n) is 7.51. The molecule has 14 nitrogen and oxygen atoms in total. The minimum absolute atomic E-state index is 0.0398. The van der Waals surface area contributed by atoms with Gasteiger partial charge in [0.25, 0.3) is 5.91 Å². The SMILES string of the molecule is CC(=O)N(C[C@H](NC(=O)OCc1ccccc1)C(=O)O)N1C(=O)N(Cc2ccc(NC(=O)Nc3ccccc3C)cc2)C(C)(C)C1=O. The molecule has 0 aliphatic carbocycles. The number of nitrogens with one attached hydrogen (secondary N) is 3. The molecule has 3 aromatic carbocycles. The fraction of sp³-hybridized carbons (Fsp3) is 0.273. The lowest BCUT2D eigenvalue weighted by molar-refractivity contribution is -0.157. The summed E-state index contributed by atoms with van der Waals surface area (Å²) < 4.78 is 5.10. The Morgan fingerprint density at radius 1 is 0.894 bits per heavy atom. The van der Waals surface area contributed by atoms with Gasteiger partial charge >= 0.3 is 24.1 Å². The fourth-order valence-corrected chi connectivity index (χ4v) is 4.78. The van der Waals surface area contributed by atoms with Gasteiger partial charge in [-0.1, -0.05) is 60.7 Å². The Morgan fingerprint density at radius 2 is 1.53 bits per heavy atom. The highest BCUT2D eigenvalue weighted by molar-refractivity contribution is 6.07. The molecule has 3 aromatic rings. The zero-order chi connectivity index (χ0) is 34.3. The topological polar surface area (TPSA) is 178 Å². The van der Waals surface area contributed by atoms with E-state index in [1.54, 1.807) is 60.7 Å².